The molecule has 2 fully saturated rings. The molecule has 15 heavy (non-hydrogen) atoms. The monoisotopic (exact) mass is 209 g/mol. The number of rotatable bonds is 4. The van der Waals surface area contributed by atoms with E-state index < -0.39 is 0 Å². The second-order valence-corrected chi connectivity index (χ2v) is 6.62. The van der Waals surface area contributed by atoms with Crippen LogP contribution < -0.4 is 5.73 Å². The molecule has 2 aliphatic rings. The Labute approximate surface area is 94.8 Å². The van der Waals surface area contributed by atoms with E-state index in [9.17, 15) is 0 Å². The largest absolute Gasteiger partial charge is 0.327 e. The van der Waals surface area contributed by atoms with Crippen LogP contribution in [0.4, 0.5) is 0 Å². The van der Waals surface area contributed by atoms with Gasteiger partial charge >= 0.3 is 0 Å². The normalized spacial score (nSPS) is 37.2. The molecular weight excluding hydrogens is 182 g/mol. The lowest BCUT2D eigenvalue weighted by atomic mass is 9.75. The number of nitrogens with two attached hydrogens (primary N) is 1. The maximum atomic E-state index is 6.37. The summed E-state index contributed by atoms with van der Waals surface area (Å²) in [4.78, 5) is 0. The van der Waals surface area contributed by atoms with Gasteiger partial charge in [0.15, 0.2) is 0 Å². The number of hydrogen-bond donors (Lipinski definition) is 1. The first kappa shape index (κ1) is 11.4. The third kappa shape index (κ3) is 2.22. The van der Waals surface area contributed by atoms with Gasteiger partial charge in [0.25, 0.3) is 0 Å². The average molecular weight is 209 g/mol. The summed E-state index contributed by atoms with van der Waals surface area (Å²) in [5, 5.41) is 0. The van der Waals surface area contributed by atoms with Crippen LogP contribution in [0.3, 0.4) is 0 Å². The molecule has 0 aliphatic heterocycles. The van der Waals surface area contributed by atoms with Crippen molar-refractivity contribution in [1.29, 1.82) is 0 Å². The molecule has 2 saturated carbocycles. The Morgan fingerprint density at radius 3 is 2.47 bits per heavy atom. The molecule has 0 saturated heterocycles. The molecule has 2 bridgehead atoms. The van der Waals surface area contributed by atoms with Crippen molar-refractivity contribution in [1.82, 2.24) is 0 Å². The van der Waals surface area contributed by atoms with Gasteiger partial charge in [-0.3, -0.25) is 0 Å². The lowest BCUT2D eigenvalue weighted by Gasteiger charge is -2.34. The number of fused-ring (bicyclic) bond motifs is 2. The summed E-state index contributed by atoms with van der Waals surface area (Å²) in [5.74, 6) is 3.07. The van der Waals surface area contributed by atoms with Gasteiger partial charge in [0.2, 0.25) is 0 Å². The van der Waals surface area contributed by atoms with Crippen LogP contribution in [0.2, 0.25) is 0 Å². The van der Waals surface area contributed by atoms with E-state index in [-0.39, 0.29) is 0 Å². The van der Waals surface area contributed by atoms with Gasteiger partial charge in [-0.2, -0.15) is 0 Å². The van der Waals surface area contributed by atoms with Crippen molar-refractivity contribution in [2.45, 2.75) is 65.3 Å². The van der Waals surface area contributed by atoms with Crippen molar-refractivity contribution < 1.29 is 0 Å². The Bertz CT molecular complexity index is 221. The summed E-state index contributed by atoms with van der Waals surface area (Å²) in [7, 11) is 0. The van der Waals surface area contributed by atoms with Gasteiger partial charge in [0.1, 0.15) is 0 Å². The van der Waals surface area contributed by atoms with Crippen molar-refractivity contribution in [2.75, 3.05) is 0 Å². The zero-order valence-corrected chi connectivity index (χ0v) is 10.6. The van der Waals surface area contributed by atoms with Gasteiger partial charge in [-0.15, -0.1) is 0 Å². The number of hydrogen-bond acceptors (Lipinski definition) is 1. The van der Waals surface area contributed by atoms with Crippen molar-refractivity contribution in [3.8, 4) is 0 Å². The Balaban J connectivity index is 1.87. The van der Waals surface area contributed by atoms with Gasteiger partial charge in [-0.1, -0.05) is 27.2 Å². The topological polar surface area (TPSA) is 26.0 Å². The predicted octanol–water partition coefficient (Wildman–Crippen LogP) is 3.58. The molecule has 0 aromatic heterocycles. The standard InChI is InChI=1S/C14H27N/c1-4-14(2,3)13(15)9-12-8-10-5-6-11(12)7-10/h10-13H,4-9,15H2,1-3H3. The Morgan fingerprint density at radius 2 is 2.00 bits per heavy atom. The maximum absolute atomic E-state index is 6.37. The minimum absolute atomic E-state index is 0.335. The highest BCUT2D eigenvalue weighted by Crippen LogP contribution is 2.50. The molecule has 0 spiro atoms. The highest BCUT2D eigenvalue weighted by atomic mass is 14.7. The van der Waals surface area contributed by atoms with E-state index in [0.29, 0.717) is 11.5 Å². The van der Waals surface area contributed by atoms with Crippen LogP contribution in [0.1, 0.15) is 59.3 Å². The molecule has 0 amide bonds. The van der Waals surface area contributed by atoms with Gasteiger partial charge < -0.3 is 5.73 Å². The van der Waals surface area contributed by atoms with E-state index in [1.54, 1.807) is 0 Å². The van der Waals surface area contributed by atoms with E-state index in [1.165, 1.54) is 38.5 Å². The van der Waals surface area contributed by atoms with Crippen LogP contribution in [0.15, 0.2) is 0 Å². The summed E-state index contributed by atoms with van der Waals surface area (Å²) in [6.45, 7) is 6.91. The quantitative estimate of drug-likeness (QED) is 0.752. The van der Waals surface area contributed by atoms with E-state index in [0.717, 1.165) is 17.8 Å². The highest BCUT2D eigenvalue weighted by Gasteiger charge is 2.41. The van der Waals surface area contributed by atoms with E-state index in [2.05, 4.69) is 20.8 Å². The lowest BCUT2D eigenvalue weighted by molar-refractivity contribution is 0.203. The first-order valence-corrected chi connectivity index (χ1v) is 6.78. The fourth-order valence-corrected chi connectivity index (χ4v) is 3.57. The molecular formula is C14H27N. The summed E-state index contributed by atoms with van der Waals surface area (Å²) >= 11 is 0. The zero-order chi connectivity index (χ0) is 11.1. The van der Waals surface area contributed by atoms with Crippen molar-refractivity contribution in [3.63, 3.8) is 0 Å². The first-order valence-electron chi connectivity index (χ1n) is 6.78. The lowest BCUT2D eigenvalue weighted by Crippen LogP contribution is -2.39. The summed E-state index contributed by atoms with van der Waals surface area (Å²) in [6, 6.07) is 0.409. The van der Waals surface area contributed by atoms with Crippen molar-refractivity contribution in [2.24, 2.45) is 28.9 Å². The molecule has 0 heterocycles. The molecule has 2 N–H and O–H groups in total. The maximum Gasteiger partial charge on any atom is 0.00929 e. The molecule has 0 aromatic carbocycles. The summed E-state index contributed by atoms with van der Waals surface area (Å²) in [6.07, 6.45) is 8.49. The summed E-state index contributed by atoms with van der Waals surface area (Å²) in [5.41, 5.74) is 6.71. The molecule has 1 heteroatoms. The smallest absolute Gasteiger partial charge is 0.00929 e. The fourth-order valence-electron chi connectivity index (χ4n) is 3.57. The highest BCUT2D eigenvalue weighted by molar-refractivity contribution is 4.93. The summed E-state index contributed by atoms with van der Waals surface area (Å²) < 4.78 is 0. The third-order valence-electron chi connectivity index (χ3n) is 5.36. The zero-order valence-electron chi connectivity index (χ0n) is 10.6. The molecule has 0 radical (unpaired) electrons. The van der Waals surface area contributed by atoms with Crippen molar-refractivity contribution in [3.05, 3.63) is 0 Å². The molecule has 4 unspecified atom stereocenters. The predicted molar refractivity (Wildman–Crippen MR) is 65.6 cm³/mol. The third-order valence-corrected chi connectivity index (χ3v) is 5.36. The van der Waals surface area contributed by atoms with Gasteiger partial charge in [-0.05, 0) is 55.3 Å². The van der Waals surface area contributed by atoms with Crippen LogP contribution in [0.25, 0.3) is 0 Å². The minimum Gasteiger partial charge on any atom is -0.327 e. The average Bonchev–Trinajstić information content (AvgIpc) is 2.79. The fraction of sp³-hybridized carbons (Fsp3) is 1.00. The molecule has 1 nitrogen and oxygen atoms in total. The first-order chi connectivity index (χ1) is 7.03. The van der Waals surface area contributed by atoms with E-state index in [4.69, 9.17) is 5.73 Å². The second-order valence-electron chi connectivity index (χ2n) is 6.62. The Kier molecular flexibility index (Phi) is 3.12. The van der Waals surface area contributed by atoms with Crippen LogP contribution >= 0.6 is 0 Å². The van der Waals surface area contributed by atoms with E-state index in [1.807, 2.05) is 0 Å². The molecule has 2 aliphatic carbocycles. The molecule has 4 atom stereocenters. The van der Waals surface area contributed by atoms with Gasteiger partial charge in [0, 0.05) is 6.04 Å². The van der Waals surface area contributed by atoms with E-state index >= 15 is 0 Å². The van der Waals surface area contributed by atoms with Gasteiger partial charge in [-0.25, -0.2) is 0 Å². The Morgan fingerprint density at radius 1 is 1.27 bits per heavy atom. The molecule has 88 valence electrons. The molecule has 2 rings (SSSR count). The Hall–Kier alpha value is -0.0400. The van der Waals surface area contributed by atoms with Crippen LogP contribution in [0, 0.1) is 23.2 Å². The van der Waals surface area contributed by atoms with Crippen LogP contribution in [-0.4, -0.2) is 6.04 Å². The minimum atomic E-state index is 0.335. The molecule has 0 aromatic rings. The second kappa shape index (κ2) is 4.08. The van der Waals surface area contributed by atoms with Crippen LogP contribution in [0.5, 0.6) is 0 Å². The van der Waals surface area contributed by atoms with Crippen molar-refractivity contribution >= 4 is 0 Å². The van der Waals surface area contributed by atoms with Crippen LogP contribution in [-0.2, 0) is 0 Å². The van der Waals surface area contributed by atoms with Gasteiger partial charge in [0.05, 0.1) is 0 Å². The SMILES string of the molecule is CCC(C)(C)C(N)CC1CC2CCC1C2.